The Morgan fingerprint density at radius 2 is 2.40 bits per heavy atom. The van der Waals surface area contributed by atoms with Gasteiger partial charge in [0, 0.05) is 28.8 Å². The van der Waals surface area contributed by atoms with Crippen LogP contribution < -0.4 is 5.32 Å². The SMILES string of the molecule is O=C(CC1CC1)NCC(O)c1cc(-c2ccco2)cs1. The van der Waals surface area contributed by atoms with Crippen LogP contribution in [0.15, 0.2) is 34.3 Å². The molecule has 1 fully saturated rings. The number of thiophene rings is 1. The predicted molar refractivity (Wildman–Crippen MR) is 77.3 cm³/mol. The van der Waals surface area contributed by atoms with E-state index in [1.807, 2.05) is 23.6 Å². The van der Waals surface area contributed by atoms with Crippen molar-refractivity contribution in [3.8, 4) is 11.3 Å². The minimum absolute atomic E-state index is 0.0364. The number of hydrogen-bond donors (Lipinski definition) is 2. The van der Waals surface area contributed by atoms with Crippen LogP contribution in [0.25, 0.3) is 11.3 Å². The zero-order chi connectivity index (χ0) is 13.9. The van der Waals surface area contributed by atoms with Gasteiger partial charge in [0.15, 0.2) is 0 Å². The third-order valence-electron chi connectivity index (χ3n) is 3.42. The summed E-state index contributed by atoms with van der Waals surface area (Å²) in [6.45, 7) is 0.268. The van der Waals surface area contributed by atoms with Crippen LogP contribution in [0.4, 0.5) is 0 Å². The van der Waals surface area contributed by atoms with Crippen molar-refractivity contribution in [3.63, 3.8) is 0 Å². The van der Waals surface area contributed by atoms with Crippen LogP contribution >= 0.6 is 11.3 Å². The third-order valence-corrected chi connectivity index (χ3v) is 4.45. The highest BCUT2D eigenvalue weighted by molar-refractivity contribution is 7.10. The van der Waals surface area contributed by atoms with Crippen molar-refractivity contribution in [3.05, 3.63) is 34.7 Å². The minimum atomic E-state index is -0.660. The van der Waals surface area contributed by atoms with Crippen LogP contribution in [-0.4, -0.2) is 17.6 Å². The van der Waals surface area contributed by atoms with Crippen LogP contribution in [0.5, 0.6) is 0 Å². The molecule has 5 heteroatoms. The first kappa shape index (κ1) is 13.4. The van der Waals surface area contributed by atoms with Crippen molar-refractivity contribution in [2.45, 2.75) is 25.4 Å². The number of carbonyl (C=O) groups is 1. The number of aliphatic hydroxyl groups excluding tert-OH is 1. The van der Waals surface area contributed by atoms with Crippen molar-refractivity contribution < 1.29 is 14.3 Å². The van der Waals surface area contributed by atoms with Gasteiger partial charge in [0.25, 0.3) is 0 Å². The van der Waals surface area contributed by atoms with Gasteiger partial charge >= 0.3 is 0 Å². The highest BCUT2D eigenvalue weighted by Crippen LogP contribution is 2.32. The molecule has 3 rings (SSSR count). The predicted octanol–water partition coefficient (Wildman–Crippen LogP) is 2.96. The van der Waals surface area contributed by atoms with E-state index < -0.39 is 6.10 Å². The number of amides is 1. The van der Waals surface area contributed by atoms with E-state index in [9.17, 15) is 9.90 Å². The van der Waals surface area contributed by atoms with E-state index in [0.717, 1.165) is 29.0 Å². The molecule has 0 aliphatic heterocycles. The fourth-order valence-electron chi connectivity index (χ4n) is 2.07. The fourth-order valence-corrected chi connectivity index (χ4v) is 2.95. The van der Waals surface area contributed by atoms with Crippen LogP contribution in [-0.2, 0) is 4.79 Å². The first-order valence-electron chi connectivity index (χ1n) is 6.79. The van der Waals surface area contributed by atoms with E-state index in [1.54, 1.807) is 6.26 Å². The first-order chi connectivity index (χ1) is 9.72. The number of hydrogen-bond acceptors (Lipinski definition) is 4. The lowest BCUT2D eigenvalue weighted by Gasteiger charge is -2.09. The Labute approximate surface area is 121 Å². The van der Waals surface area contributed by atoms with E-state index >= 15 is 0 Å². The molecule has 1 aliphatic carbocycles. The molecule has 2 heterocycles. The summed E-state index contributed by atoms with van der Waals surface area (Å²) in [4.78, 5) is 12.4. The third kappa shape index (κ3) is 3.29. The highest BCUT2D eigenvalue weighted by Gasteiger charge is 2.24. The molecule has 1 aliphatic rings. The summed E-state index contributed by atoms with van der Waals surface area (Å²) < 4.78 is 5.32. The van der Waals surface area contributed by atoms with Crippen molar-refractivity contribution in [1.82, 2.24) is 5.32 Å². The van der Waals surface area contributed by atoms with Gasteiger partial charge in [0.05, 0.1) is 6.26 Å². The zero-order valence-electron chi connectivity index (χ0n) is 11.0. The van der Waals surface area contributed by atoms with E-state index in [-0.39, 0.29) is 12.5 Å². The van der Waals surface area contributed by atoms with Gasteiger partial charge in [-0.3, -0.25) is 4.79 Å². The lowest BCUT2D eigenvalue weighted by molar-refractivity contribution is -0.121. The normalized spacial score (nSPS) is 16.1. The van der Waals surface area contributed by atoms with Gasteiger partial charge in [-0.25, -0.2) is 0 Å². The smallest absolute Gasteiger partial charge is 0.220 e. The molecule has 1 amide bonds. The molecule has 0 bridgehead atoms. The van der Waals surface area contributed by atoms with E-state index in [1.165, 1.54) is 11.3 Å². The van der Waals surface area contributed by atoms with Crippen molar-refractivity contribution in [2.24, 2.45) is 5.92 Å². The molecule has 20 heavy (non-hydrogen) atoms. The number of carbonyl (C=O) groups excluding carboxylic acids is 1. The summed E-state index contributed by atoms with van der Waals surface area (Å²) in [7, 11) is 0. The molecule has 2 aromatic rings. The van der Waals surface area contributed by atoms with Gasteiger partial charge in [0.2, 0.25) is 5.91 Å². The lowest BCUT2D eigenvalue weighted by atomic mass is 10.2. The summed E-state index contributed by atoms with van der Waals surface area (Å²) in [6, 6.07) is 5.62. The standard InChI is InChI=1S/C15H17NO3S/c17-12(8-16-15(18)6-10-3-4-10)14-7-11(9-20-14)13-2-1-5-19-13/h1-2,5,7,9-10,12,17H,3-4,6,8H2,(H,16,18). The van der Waals surface area contributed by atoms with Crippen molar-refractivity contribution in [2.75, 3.05) is 6.54 Å². The summed E-state index contributed by atoms with van der Waals surface area (Å²) in [5.74, 6) is 1.39. The zero-order valence-corrected chi connectivity index (χ0v) is 11.9. The molecule has 0 aromatic carbocycles. The topological polar surface area (TPSA) is 62.5 Å². The van der Waals surface area contributed by atoms with Gasteiger partial charge in [-0.05, 0) is 37.0 Å². The van der Waals surface area contributed by atoms with E-state index in [0.29, 0.717) is 12.3 Å². The minimum Gasteiger partial charge on any atom is -0.464 e. The van der Waals surface area contributed by atoms with Gasteiger partial charge in [-0.15, -0.1) is 11.3 Å². The molecule has 0 spiro atoms. The Bertz CT molecular complexity index is 572. The summed E-state index contributed by atoms with van der Waals surface area (Å²) in [5.41, 5.74) is 0.957. The Kier molecular flexibility index (Phi) is 3.89. The summed E-state index contributed by atoms with van der Waals surface area (Å²) >= 11 is 1.47. The van der Waals surface area contributed by atoms with Crippen molar-refractivity contribution in [1.29, 1.82) is 0 Å². The average molecular weight is 291 g/mol. The van der Waals surface area contributed by atoms with Crippen LogP contribution in [0, 0.1) is 5.92 Å². The first-order valence-corrected chi connectivity index (χ1v) is 7.67. The van der Waals surface area contributed by atoms with E-state index in [2.05, 4.69) is 5.32 Å². The van der Waals surface area contributed by atoms with Crippen LogP contribution in [0.3, 0.4) is 0 Å². The summed E-state index contributed by atoms with van der Waals surface area (Å²) in [5, 5.41) is 14.8. The molecule has 1 saturated carbocycles. The molecular weight excluding hydrogens is 274 g/mol. The van der Waals surface area contributed by atoms with Gasteiger partial charge < -0.3 is 14.8 Å². The maximum Gasteiger partial charge on any atom is 0.220 e. The van der Waals surface area contributed by atoms with Crippen LogP contribution in [0.2, 0.25) is 0 Å². The molecule has 4 nitrogen and oxygen atoms in total. The molecule has 1 atom stereocenters. The second kappa shape index (κ2) is 5.81. The molecule has 2 aromatic heterocycles. The molecule has 106 valence electrons. The molecule has 0 radical (unpaired) electrons. The monoisotopic (exact) mass is 291 g/mol. The Hall–Kier alpha value is -1.59. The van der Waals surface area contributed by atoms with Gasteiger partial charge in [-0.2, -0.15) is 0 Å². The average Bonchev–Trinajstić information content (AvgIpc) is 2.97. The van der Waals surface area contributed by atoms with Crippen molar-refractivity contribution >= 4 is 17.2 Å². The van der Waals surface area contributed by atoms with Gasteiger partial charge in [0.1, 0.15) is 11.9 Å². The quantitative estimate of drug-likeness (QED) is 0.860. The second-order valence-corrected chi connectivity index (χ2v) is 6.13. The molecule has 1 unspecified atom stereocenters. The molecule has 0 saturated heterocycles. The second-order valence-electron chi connectivity index (χ2n) is 5.18. The number of furan rings is 1. The largest absolute Gasteiger partial charge is 0.464 e. The molecule has 2 N–H and O–H groups in total. The Morgan fingerprint density at radius 3 is 3.10 bits per heavy atom. The number of nitrogens with one attached hydrogen (secondary N) is 1. The highest BCUT2D eigenvalue weighted by atomic mass is 32.1. The molecular formula is C15H17NO3S. The van der Waals surface area contributed by atoms with Crippen LogP contribution in [0.1, 0.15) is 30.2 Å². The van der Waals surface area contributed by atoms with Gasteiger partial charge in [-0.1, -0.05) is 0 Å². The Balaban J connectivity index is 1.54. The fraction of sp³-hybridized carbons (Fsp3) is 0.400. The number of rotatable bonds is 6. The lowest BCUT2D eigenvalue weighted by Crippen LogP contribution is -2.28. The maximum atomic E-state index is 11.6. The van der Waals surface area contributed by atoms with E-state index in [4.69, 9.17) is 4.42 Å². The maximum absolute atomic E-state index is 11.6. The Morgan fingerprint density at radius 1 is 1.55 bits per heavy atom. The summed E-state index contributed by atoms with van der Waals surface area (Å²) in [6.07, 6.45) is 3.88. The number of aliphatic hydroxyl groups is 1.